The summed E-state index contributed by atoms with van der Waals surface area (Å²) in [4.78, 5) is 27.7. The van der Waals surface area contributed by atoms with Gasteiger partial charge in [0.2, 0.25) is 11.8 Å². The number of phenols is 1. The molecule has 14 heteroatoms. The molecule has 4 atom stereocenters. The summed E-state index contributed by atoms with van der Waals surface area (Å²) in [6.45, 7) is 4.93. The predicted molar refractivity (Wildman–Crippen MR) is 156 cm³/mol. The number of rotatable bonds is 6. The molecule has 2 fully saturated rings. The van der Waals surface area contributed by atoms with E-state index in [0.717, 1.165) is 11.1 Å². The Hall–Kier alpha value is -3.62. The predicted octanol–water partition coefficient (Wildman–Crippen LogP) is 6.22. The van der Waals surface area contributed by atoms with Crippen molar-refractivity contribution < 1.29 is 55.8 Å². The van der Waals surface area contributed by atoms with E-state index >= 15 is 0 Å². The average Bonchev–Trinajstić information content (AvgIpc) is 3.21. The Labute approximate surface area is 261 Å². The van der Waals surface area contributed by atoms with Gasteiger partial charge in [0.05, 0.1) is 41.4 Å². The number of hydrogen-bond donors (Lipinski definition) is 3. The standard InChI is InChI=1S/C32H32BF6NO6/c1-15(6-18-7-16(2)28(42)17(3)8-18)4-5-25-26-19(14-41)9-23-27(24(26)13-33(45)46-25)30(44)40(29(23)43)22-11-20(31(34,35)36)10-21(12-22)32(37,38)39/h6-8,10-12,23-25,27,41-42,45H,4-5,9,13-14H2,1-3H3/b15-6+/t23-,24+,25-,27-/m1/s1. The first-order valence-electron chi connectivity index (χ1n) is 14.7. The van der Waals surface area contributed by atoms with Crippen LogP contribution in [0.15, 0.2) is 47.1 Å². The lowest BCUT2D eigenvalue weighted by molar-refractivity contribution is -0.143. The number of fused-ring (bicyclic) bond motifs is 3. The van der Waals surface area contributed by atoms with E-state index in [9.17, 15) is 51.2 Å². The number of aryl methyl sites for hydroxylation is 2. The number of nitrogens with zero attached hydrogens (tertiary/aromatic N) is 1. The van der Waals surface area contributed by atoms with Crippen LogP contribution in [0.5, 0.6) is 5.75 Å². The normalized spacial score (nSPS) is 24.1. The number of benzene rings is 2. The van der Waals surface area contributed by atoms with E-state index in [1.54, 1.807) is 13.8 Å². The molecule has 3 N–H and O–H groups in total. The highest BCUT2D eigenvalue weighted by Crippen LogP contribution is 2.52. The molecule has 5 rings (SSSR count). The first-order valence-corrected chi connectivity index (χ1v) is 14.7. The Bertz CT molecular complexity index is 1580. The van der Waals surface area contributed by atoms with Crippen molar-refractivity contribution in [1.29, 1.82) is 0 Å². The Balaban J connectivity index is 1.45. The van der Waals surface area contributed by atoms with Gasteiger partial charge in [-0.05, 0) is 110 Å². The lowest BCUT2D eigenvalue weighted by Crippen LogP contribution is -2.46. The molecule has 46 heavy (non-hydrogen) atoms. The summed E-state index contributed by atoms with van der Waals surface area (Å²) < 4.78 is 87.3. The largest absolute Gasteiger partial charge is 0.507 e. The molecule has 3 aliphatic rings. The second-order valence-corrected chi connectivity index (χ2v) is 12.3. The number of carbonyl (C=O) groups excluding carboxylic acids is 2. The third-order valence-electron chi connectivity index (χ3n) is 9.06. The van der Waals surface area contributed by atoms with Crippen LogP contribution in [0.2, 0.25) is 6.32 Å². The summed E-state index contributed by atoms with van der Waals surface area (Å²) in [7, 11) is -1.37. The van der Waals surface area contributed by atoms with E-state index in [4.69, 9.17) is 4.65 Å². The van der Waals surface area contributed by atoms with E-state index < -0.39 is 78.6 Å². The number of anilines is 1. The third-order valence-corrected chi connectivity index (χ3v) is 9.06. The van der Waals surface area contributed by atoms with Crippen LogP contribution in [0.25, 0.3) is 6.08 Å². The number of halogens is 6. The molecule has 1 aliphatic carbocycles. The molecule has 2 aliphatic heterocycles. The van der Waals surface area contributed by atoms with E-state index in [2.05, 4.69) is 0 Å². The van der Waals surface area contributed by atoms with Gasteiger partial charge in [-0.25, -0.2) is 4.90 Å². The van der Waals surface area contributed by atoms with Gasteiger partial charge in [-0.2, -0.15) is 26.3 Å². The highest BCUT2D eigenvalue weighted by molar-refractivity contribution is 6.43. The van der Waals surface area contributed by atoms with Crippen LogP contribution in [-0.2, 0) is 26.6 Å². The Kier molecular flexibility index (Phi) is 8.95. The summed E-state index contributed by atoms with van der Waals surface area (Å²) in [5.74, 6) is -4.90. The maximum Gasteiger partial charge on any atom is 0.455 e. The fraction of sp³-hybridized carbons (Fsp3) is 0.438. The SMILES string of the molecule is C/C(=C\c1cc(C)c(O)c(C)c1)CC[C@H]1OB(O)C[C@H]2C1=C(CO)C[C@H]1C(=O)N(c3cc(C(F)(F)F)cc(C(F)(F)F)c3)C(=O)[C@H]12. The lowest BCUT2D eigenvalue weighted by atomic mass is 9.58. The van der Waals surface area contributed by atoms with Crippen LogP contribution in [0.4, 0.5) is 32.0 Å². The van der Waals surface area contributed by atoms with Crippen molar-refractivity contribution in [1.82, 2.24) is 0 Å². The fourth-order valence-electron chi connectivity index (χ4n) is 7.02. The first kappa shape index (κ1) is 33.7. The van der Waals surface area contributed by atoms with Gasteiger partial charge in [0.1, 0.15) is 5.75 Å². The van der Waals surface area contributed by atoms with Gasteiger partial charge in [0.15, 0.2) is 0 Å². The van der Waals surface area contributed by atoms with Gasteiger partial charge in [-0.15, -0.1) is 0 Å². The van der Waals surface area contributed by atoms with Gasteiger partial charge < -0.3 is 19.9 Å². The van der Waals surface area contributed by atoms with Gasteiger partial charge in [-0.1, -0.05) is 11.6 Å². The maximum absolute atomic E-state index is 13.8. The molecule has 2 amide bonds. The molecule has 2 aromatic rings. The third kappa shape index (κ3) is 6.34. The summed E-state index contributed by atoms with van der Waals surface area (Å²) in [6, 6.07) is 4.26. The zero-order valence-electron chi connectivity index (χ0n) is 25.2. The Morgan fingerprint density at radius 1 is 0.978 bits per heavy atom. The number of carbonyl (C=O) groups is 2. The van der Waals surface area contributed by atoms with Gasteiger partial charge in [0, 0.05) is 0 Å². The van der Waals surface area contributed by atoms with Crippen LogP contribution in [0.3, 0.4) is 0 Å². The number of phenolic OH excluding ortho intramolecular Hbond substituents is 1. The number of hydrogen-bond acceptors (Lipinski definition) is 6. The quantitative estimate of drug-likeness (QED) is 0.148. The van der Waals surface area contributed by atoms with Crippen LogP contribution in [0.1, 0.15) is 54.0 Å². The summed E-state index contributed by atoms with van der Waals surface area (Å²) in [6.07, 6.45) is -8.73. The van der Waals surface area contributed by atoms with Crippen LogP contribution < -0.4 is 4.90 Å². The highest BCUT2D eigenvalue weighted by atomic mass is 19.4. The molecule has 2 saturated heterocycles. The number of aliphatic hydroxyl groups is 1. The molecular formula is C32H32BF6NO6. The van der Waals surface area contributed by atoms with Crippen molar-refractivity contribution in [2.45, 2.75) is 64.8 Å². The summed E-state index contributed by atoms with van der Waals surface area (Å²) in [5.41, 5.74) is -0.0631. The van der Waals surface area contributed by atoms with Gasteiger partial charge in [0.25, 0.3) is 0 Å². The van der Waals surface area contributed by atoms with Crippen molar-refractivity contribution in [3.05, 3.63) is 74.9 Å². The topological polar surface area (TPSA) is 107 Å². The molecule has 0 radical (unpaired) electrons. The van der Waals surface area contributed by atoms with Crippen molar-refractivity contribution in [2.24, 2.45) is 17.8 Å². The van der Waals surface area contributed by atoms with Crippen molar-refractivity contribution in [3.8, 4) is 5.75 Å². The van der Waals surface area contributed by atoms with E-state index in [1.807, 2.05) is 25.1 Å². The molecule has 246 valence electrons. The molecule has 0 aromatic heterocycles. The van der Waals surface area contributed by atoms with Gasteiger partial charge in [-0.3, -0.25) is 9.59 Å². The molecule has 0 unspecified atom stereocenters. The minimum atomic E-state index is -5.18. The molecular weight excluding hydrogens is 619 g/mol. The molecule has 0 spiro atoms. The second-order valence-electron chi connectivity index (χ2n) is 12.3. The molecule has 7 nitrogen and oxygen atoms in total. The van der Waals surface area contributed by atoms with E-state index in [1.165, 1.54) is 0 Å². The van der Waals surface area contributed by atoms with Crippen LogP contribution >= 0.6 is 0 Å². The number of aliphatic hydroxyl groups excluding tert-OH is 1. The van der Waals surface area contributed by atoms with Crippen LogP contribution in [0, 0.1) is 31.6 Å². The highest BCUT2D eigenvalue weighted by Gasteiger charge is 2.58. The number of imide groups is 1. The van der Waals surface area contributed by atoms with Crippen molar-refractivity contribution in [2.75, 3.05) is 11.5 Å². The molecule has 0 saturated carbocycles. The summed E-state index contributed by atoms with van der Waals surface area (Å²) in [5, 5.41) is 31.0. The zero-order chi connectivity index (χ0) is 33.9. The minimum absolute atomic E-state index is 0.0784. The van der Waals surface area contributed by atoms with E-state index in [-0.39, 0.29) is 24.6 Å². The summed E-state index contributed by atoms with van der Waals surface area (Å²) >= 11 is 0. The maximum atomic E-state index is 13.8. The van der Waals surface area contributed by atoms with Crippen LogP contribution in [-0.4, -0.2) is 46.9 Å². The second kappa shape index (κ2) is 12.2. The fourth-order valence-corrected chi connectivity index (χ4v) is 7.02. The van der Waals surface area contributed by atoms with Crippen molar-refractivity contribution >= 4 is 30.7 Å². The van der Waals surface area contributed by atoms with Gasteiger partial charge >= 0.3 is 19.5 Å². The molecule has 2 heterocycles. The first-order chi connectivity index (χ1) is 21.4. The Morgan fingerprint density at radius 2 is 1.57 bits per heavy atom. The van der Waals surface area contributed by atoms with E-state index in [0.29, 0.717) is 52.1 Å². The average molecular weight is 651 g/mol. The Morgan fingerprint density at radius 3 is 2.11 bits per heavy atom. The molecule has 0 bridgehead atoms. The smallest absolute Gasteiger partial charge is 0.455 e. The zero-order valence-corrected chi connectivity index (χ0v) is 25.2. The number of aromatic hydroxyl groups is 1. The van der Waals surface area contributed by atoms with Crippen molar-refractivity contribution in [3.63, 3.8) is 0 Å². The number of alkyl halides is 6. The lowest BCUT2D eigenvalue weighted by Gasteiger charge is -2.42. The monoisotopic (exact) mass is 651 g/mol. The minimum Gasteiger partial charge on any atom is -0.507 e. The number of amides is 2. The molecule has 2 aromatic carbocycles. The number of allylic oxidation sites excluding steroid dienone is 1.